The minimum atomic E-state index is -0.988. The zero-order valence-corrected chi connectivity index (χ0v) is 9.42. The Labute approximate surface area is 92.8 Å². The summed E-state index contributed by atoms with van der Waals surface area (Å²) in [5, 5.41) is 0.932. The summed E-state index contributed by atoms with van der Waals surface area (Å²) in [6, 6.07) is 3.38. The Morgan fingerprint density at radius 3 is 2.31 bits per heavy atom. The van der Waals surface area contributed by atoms with E-state index in [2.05, 4.69) is 0 Å². The molecule has 0 aromatic heterocycles. The lowest BCUT2D eigenvalue weighted by Crippen LogP contribution is -2.45. The van der Waals surface area contributed by atoms with E-state index in [1.807, 2.05) is 0 Å². The van der Waals surface area contributed by atoms with E-state index in [9.17, 15) is 13.6 Å². The molecule has 0 aliphatic heterocycles. The Balaban J connectivity index is 3.16. The summed E-state index contributed by atoms with van der Waals surface area (Å²) in [6.07, 6.45) is 0. The third-order valence-electron chi connectivity index (χ3n) is 2.50. The Morgan fingerprint density at radius 1 is 1.31 bits per heavy atom. The van der Waals surface area contributed by atoms with Crippen LogP contribution in [0.5, 0.6) is 0 Å². The maximum atomic E-state index is 13.0. The van der Waals surface area contributed by atoms with Crippen molar-refractivity contribution >= 4 is 5.91 Å². The molecular weight excluding hydrogens is 214 g/mol. The number of nitrogens with zero attached hydrogens (tertiary/aromatic N) is 1. The largest absolute Gasteiger partial charge is 0.283 e. The molecule has 3 nitrogen and oxygen atoms in total. The summed E-state index contributed by atoms with van der Waals surface area (Å²) in [4.78, 5) is 11.7. The van der Waals surface area contributed by atoms with Gasteiger partial charge in [-0.2, -0.15) is 0 Å². The maximum absolute atomic E-state index is 13.0. The van der Waals surface area contributed by atoms with Crippen LogP contribution >= 0.6 is 0 Å². The number of rotatable bonds is 2. The van der Waals surface area contributed by atoms with Crippen LogP contribution in [0.2, 0.25) is 0 Å². The third-order valence-corrected chi connectivity index (χ3v) is 2.50. The van der Waals surface area contributed by atoms with Crippen molar-refractivity contribution in [2.24, 2.45) is 5.84 Å². The molecule has 0 aliphatic rings. The molecule has 0 saturated carbocycles. The average molecular weight is 228 g/mol. The van der Waals surface area contributed by atoms with Crippen LogP contribution < -0.4 is 5.84 Å². The van der Waals surface area contributed by atoms with Gasteiger partial charge in [-0.05, 0) is 31.5 Å². The van der Waals surface area contributed by atoms with Gasteiger partial charge in [0.25, 0.3) is 0 Å². The highest BCUT2D eigenvalue weighted by Gasteiger charge is 2.32. The standard InChI is InChI=1S/C11H14F2N2O/c1-11(2,10(16)15(3)14)7-4-5-8(12)9(13)6-7/h4-6H,14H2,1-3H3. The monoisotopic (exact) mass is 228 g/mol. The second-order valence-electron chi connectivity index (χ2n) is 4.17. The van der Waals surface area contributed by atoms with E-state index in [1.165, 1.54) is 13.1 Å². The molecule has 0 fully saturated rings. The van der Waals surface area contributed by atoms with Gasteiger partial charge in [0.05, 0.1) is 5.41 Å². The second kappa shape index (κ2) is 4.17. The van der Waals surface area contributed by atoms with E-state index in [0.29, 0.717) is 5.56 Å². The summed E-state index contributed by atoms with van der Waals surface area (Å²) in [5.74, 6) is 3.06. The van der Waals surface area contributed by atoms with Gasteiger partial charge < -0.3 is 0 Å². The first-order chi connectivity index (χ1) is 7.26. The highest BCUT2D eigenvalue weighted by molar-refractivity contribution is 5.86. The Hall–Kier alpha value is -1.49. The van der Waals surface area contributed by atoms with Crippen molar-refractivity contribution in [3.8, 4) is 0 Å². The van der Waals surface area contributed by atoms with Crippen molar-refractivity contribution in [3.63, 3.8) is 0 Å². The normalized spacial score (nSPS) is 11.4. The van der Waals surface area contributed by atoms with Crippen LogP contribution in [0.4, 0.5) is 8.78 Å². The molecule has 5 heteroatoms. The molecule has 1 amide bonds. The summed E-state index contributed by atoms with van der Waals surface area (Å²) in [6.45, 7) is 3.21. The predicted octanol–water partition coefficient (Wildman–Crippen LogP) is 1.57. The van der Waals surface area contributed by atoms with Crippen molar-refractivity contribution in [2.45, 2.75) is 19.3 Å². The molecule has 88 valence electrons. The topological polar surface area (TPSA) is 46.3 Å². The number of hydrogen-bond acceptors (Lipinski definition) is 2. The summed E-state index contributed by atoms with van der Waals surface area (Å²) in [7, 11) is 1.41. The van der Waals surface area contributed by atoms with Crippen molar-refractivity contribution in [1.82, 2.24) is 5.01 Å². The molecule has 2 N–H and O–H groups in total. The molecule has 0 radical (unpaired) electrons. The molecular formula is C11H14F2N2O. The Morgan fingerprint density at radius 2 is 1.88 bits per heavy atom. The van der Waals surface area contributed by atoms with Gasteiger partial charge >= 0.3 is 0 Å². The molecule has 0 bridgehead atoms. The van der Waals surface area contributed by atoms with E-state index in [-0.39, 0.29) is 5.91 Å². The number of nitrogens with two attached hydrogens (primary N) is 1. The van der Waals surface area contributed by atoms with Crippen LogP contribution in [0, 0.1) is 11.6 Å². The van der Waals surface area contributed by atoms with Crippen LogP contribution in [-0.4, -0.2) is 18.0 Å². The fraction of sp³-hybridized carbons (Fsp3) is 0.364. The predicted molar refractivity (Wildman–Crippen MR) is 56.3 cm³/mol. The van der Waals surface area contributed by atoms with Crippen molar-refractivity contribution < 1.29 is 13.6 Å². The minimum absolute atomic E-state index is 0.376. The van der Waals surface area contributed by atoms with E-state index in [1.54, 1.807) is 13.8 Å². The number of hydrazine groups is 1. The first-order valence-corrected chi connectivity index (χ1v) is 4.75. The molecule has 0 atom stereocenters. The first kappa shape index (κ1) is 12.6. The summed E-state index contributed by atoms with van der Waals surface area (Å²) < 4.78 is 25.8. The van der Waals surface area contributed by atoms with Crippen molar-refractivity contribution in [2.75, 3.05) is 7.05 Å². The molecule has 0 saturated heterocycles. The number of amides is 1. The van der Waals surface area contributed by atoms with Gasteiger partial charge in [0.2, 0.25) is 5.91 Å². The van der Waals surface area contributed by atoms with Gasteiger partial charge in [0, 0.05) is 7.05 Å². The van der Waals surface area contributed by atoms with Gasteiger partial charge in [-0.1, -0.05) is 6.07 Å². The smallest absolute Gasteiger partial charge is 0.246 e. The van der Waals surface area contributed by atoms with Crippen LogP contribution in [0.15, 0.2) is 18.2 Å². The van der Waals surface area contributed by atoms with Crippen LogP contribution in [0.25, 0.3) is 0 Å². The van der Waals surface area contributed by atoms with E-state index >= 15 is 0 Å². The van der Waals surface area contributed by atoms with Gasteiger partial charge in [0.15, 0.2) is 11.6 Å². The summed E-state index contributed by atoms with van der Waals surface area (Å²) in [5.41, 5.74) is -0.605. The zero-order valence-electron chi connectivity index (χ0n) is 9.42. The van der Waals surface area contributed by atoms with Gasteiger partial charge in [-0.25, -0.2) is 14.6 Å². The van der Waals surface area contributed by atoms with Crippen LogP contribution in [0.3, 0.4) is 0 Å². The van der Waals surface area contributed by atoms with Crippen LogP contribution in [0.1, 0.15) is 19.4 Å². The molecule has 1 rings (SSSR count). The molecule has 1 aromatic rings. The number of likely N-dealkylation sites (N-methyl/N-ethyl adjacent to an activating group) is 1. The molecule has 16 heavy (non-hydrogen) atoms. The molecule has 0 unspecified atom stereocenters. The number of carbonyl (C=O) groups is 1. The fourth-order valence-corrected chi connectivity index (χ4v) is 1.45. The lowest BCUT2D eigenvalue weighted by molar-refractivity contribution is -0.135. The van der Waals surface area contributed by atoms with Gasteiger partial charge in [-0.3, -0.25) is 9.80 Å². The number of carbonyl (C=O) groups excluding carboxylic acids is 1. The van der Waals surface area contributed by atoms with E-state index in [4.69, 9.17) is 5.84 Å². The first-order valence-electron chi connectivity index (χ1n) is 4.75. The molecule has 0 heterocycles. The van der Waals surface area contributed by atoms with Gasteiger partial charge in [-0.15, -0.1) is 0 Å². The van der Waals surface area contributed by atoms with Crippen molar-refractivity contribution in [1.29, 1.82) is 0 Å². The quantitative estimate of drug-likeness (QED) is 0.474. The maximum Gasteiger partial charge on any atom is 0.246 e. The lowest BCUT2D eigenvalue weighted by atomic mass is 9.83. The van der Waals surface area contributed by atoms with E-state index in [0.717, 1.165) is 17.1 Å². The lowest BCUT2D eigenvalue weighted by Gasteiger charge is -2.27. The van der Waals surface area contributed by atoms with E-state index < -0.39 is 17.0 Å². The van der Waals surface area contributed by atoms with Crippen LogP contribution in [-0.2, 0) is 10.2 Å². The third kappa shape index (κ3) is 2.19. The Bertz CT molecular complexity index is 416. The molecule has 0 aliphatic carbocycles. The number of hydrogen-bond donors (Lipinski definition) is 1. The number of halogens is 2. The number of benzene rings is 1. The minimum Gasteiger partial charge on any atom is -0.283 e. The zero-order chi connectivity index (χ0) is 12.5. The Kier molecular flexibility index (Phi) is 3.28. The highest BCUT2D eigenvalue weighted by atomic mass is 19.2. The molecule has 0 spiro atoms. The summed E-state index contributed by atoms with van der Waals surface area (Å²) >= 11 is 0. The highest BCUT2D eigenvalue weighted by Crippen LogP contribution is 2.26. The van der Waals surface area contributed by atoms with Crippen molar-refractivity contribution in [3.05, 3.63) is 35.4 Å². The second-order valence-corrected chi connectivity index (χ2v) is 4.17. The molecule has 1 aromatic carbocycles. The fourth-order valence-electron chi connectivity index (χ4n) is 1.45. The average Bonchev–Trinajstić information content (AvgIpc) is 2.20. The SMILES string of the molecule is CN(N)C(=O)C(C)(C)c1ccc(F)c(F)c1. The van der Waals surface area contributed by atoms with Gasteiger partial charge in [0.1, 0.15) is 0 Å².